The van der Waals surface area contributed by atoms with Gasteiger partial charge in [0.2, 0.25) is 5.75 Å². The van der Waals surface area contributed by atoms with Crippen LogP contribution in [0, 0.1) is 0 Å². The predicted octanol–water partition coefficient (Wildman–Crippen LogP) is 4.46. The van der Waals surface area contributed by atoms with Crippen molar-refractivity contribution in [3.8, 4) is 17.2 Å². The van der Waals surface area contributed by atoms with Crippen molar-refractivity contribution < 1.29 is 19.0 Å². The van der Waals surface area contributed by atoms with Gasteiger partial charge in [0.05, 0.1) is 20.5 Å². The maximum atomic E-state index is 12.9. The summed E-state index contributed by atoms with van der Waals surface area (Å²) in [4.78, 5) is 16.9. The first-order valence-corrected chi connectivity index (χ1v) is 10.9. The van der Waals surface area contributed by atoms with Crippen LogP contribution in [-0.2, 0) is 19.7 Å². The van der Waals surface area contributed by atoms with Crippen molar-refractivity contribution >= 4 is 5.91 Å². The molecule has 3 aromatic carbocycles. The van der Waals surface area contributed by atoms with Crippen LogP contribution < -0.4 is 19.5 Å². The Labute approximate surface area is 198 Å². The van der Waals surface area contributed by atoms with Crippen LogP contribution in [0.25, 0.3) is 0 Å². The summed E-state index contributed by atoms with van der Waals surface area (Å²) >= 11 is 0. The van der Waals surface area contributed by atoms with Crippen molar-refractivity contribution in [1.29, 1.82) is 0 Å². The standard InChI is InChI=1S/C27H27N3O4/c1-32-24-14-23(15-25(33-2)26(24)34-18-22-6-4-3-5-7-22)27(31)29-16-20-8-10-21(11-9-20)17-30-13-12-28-19-30/h3-15,19H,16-18H2,1-2H3,(H,29,31). The van der Waals surface area contributed by atoms with Crippen LogP contribution >= 0.6 is 0 Å². The first-order valence-electron chi connectivity index (χ1n) is 10.9. The summed E-state index contributed by atoms with van der Waals surface area (Å²) in [6, 6.07) is 21.2. The van der Waals surface area contributed by atoms with E-state index in [1.54, 1.807) is 24.7 Å². The van der Waals surface area contributed by atoms with Crippen LogP contribution in [0.2, 0.25) is 0 Å². The van der Waals surface area contributed by atoms with E-state index >= 15 is 0 Å². The Morgan fingerprint density at radius 1 is 0.912 bits per heavy atom. The normalized spacial score (nSPS) is 10.5. The molecule has 1 heterocycles. The van der Waals surface area contributed by atoms with E-state index in [2.05, 4.69) is 10.3 Å². The minimum atomic E-state index is -0.228. The molecule has 7 heteroatoms. The third-order valence-electron chi connectivity index (χ3n) is 5.35. The Morgan fingerprint density at radius 3 is 2.21 bits per heavy atom. The largest absolute Gasteiger partial charge is 0.493 e. The van der Waals surface area contributed by atoms with Crippen LogP contribution in [0.4, 0.5) is 0 Å². The molecule has 1 N–H and O–H groups in total. The SMILES string of the molecule is COc1cc(C(=O)NCc2ccc(Cn3ccnc3)cc2)cc(OC)c1OCc1ccccc1. The number of benzene rings is 3. The lowest BCUT2D eigenvalue weighted by Crippen LogP contribution is -2.23. The average molecular weight is 458 g/mol. The summed E-state index contributed by atoms with van der Waals surface area (Å²) in [6.45, 7) is 1.52. The van der Waals surface area contributed by atoms with Gasteiger partial charge in [-0.25, -0.2) is 4.98 Å². The number of nitrogens with zero attached hydrogens (tertiary/aromatic N) is 2. The van der Waals surface area contributed by atoms with E-state index in [9.17, 15) is 4.79 Å². The number of ether oxygens (including phenoxy) is 3. The van der Waals surface area contributed by atoms with Crippen LogP contribution in [0.15, 0.2) is 85.5 Å². The van der Waals surface area contributed by atoms with Crippen molar-refractivity contribution in [3.05, 3.63) is 108 Å². The molecule has 4 aromatic rings. The van der Waals surface area contributed by atoms with E-state index in [1.165, 1.54) is 14.2 Å². The van der Waals surface area contributed by atoms with Gasteiger partial charge in [-0.1, -0.05) is 54.6 Å². The minimum absolute atomic E-state index is 0.228. The van der Waals surface area contributed by atoms with Crippen molar-refractivity contribution in [2.24, 2.45) is 0 Å². The first-order chi connectivity index (χ1) is 16.7. The van der Waals surface area contributed by atoms with Crippen molar-refractivity contribution in [2.75, 3.05) is 14.2 Å². The number of rotatable bonds is 10. The molecule has 0 aliphatic carbocycles. The summed E-state index contributed by atoms with van der Waals surface area (Å²) in [5, 5.41) is 2.95. The predicted molar refractivity (Wildman–Crippen MR) is 129 cm³/mol. The van der Waals surface area contributed by atoms with Gasteiger partial charge in [0, 0.05) is 31.0 Å². The zero-order chi connectivity index (χ0) is 23.8. The molecule has 0 aliphatic rings. The lowest BCUT2D eigenvalue weighted by molar-refractivity contribution is 0.0950. The van der Waals surface area contributed by atoms with E-state index in [4.69, 9.17) is 14.2 Å². The number of amides is 1. The van der Waals surface area contributed by atoms with E-state index in [-0.39, 0.29) is 5.91 Å². The number of hydrogen-bond acceptors (Lipinski definition) is 5. The highest BCUT2D eigenvalue weighted by atomic mass is 16.5. The molecule has 0 bridgehead atoms. The number of carbonyl (C=O) groups is 1. The molecule has 0 unspecified atom stereocenters. The quantitative estimate of drug-likeness (QED) is 0.381. The highest BCUT2D eigenvalue weighted by Crippen LogP contribution is 2.39. The Morgan fingerprint density at radius 2 is 1.59 bits per heavy atom. The zero-order valence-electron chi connectivity index (χ0n) is 19.2. The number of hydrogen-bond donors (Lipinski definition) is 1. The van der Waals surface area contributed by atoms with Gasteiger partial charge >= 0.3 is 0 Å². The molecule has 1 amide bonds. The molecule has 0 aliphatic heterocycles. The average Bonchev–Trinajstić information content (AvgIpc) is 3.40. The molecule has 0 spiro atoms. The molecule has 174 valence electrons. The van der Waals surface area contributed by atoms with Gasteiger partial charge in [-0.2, -0.15) is 0 Å². The maximum Gasteiger partial charge on any atom is 0.251 e. The first kappa shape index (κ1) is 22.9. The Kier molecular flexibility index (Phi) is 7.45. The summed E-state index contributed by atoms with van der Waals surface area (Å²) in [5.41, 5.74) is 3.61. The van der Waals surface area contributed by atoms with E-state index in [0.717, 1.165) is 23.2 Å². The Hall–Kier alpha value is -4.26. The number of imidazole rings is 1. The molecule has 4 rings (SSSR count). The number of carbonyl (C=O) groups excluding carboxylic acids is 1. The fourth-order valence-electron chi connectivity index (χ4n) is 3.52. The molecule has 34 heavy (non-hydrogen) atoms. The summed E-state index contributed by atoms with van der Waals surface area (Å²) < 4.78 is 19.0. The second kappa shape index (κ2) is 11.0. The molecule has 0 radical (unpaired) electrons. The molecule has 0 atom stereocenters. The molecule has 7 nitrogen and oxygen atoms in total. The highest BCUT2D eigenvalue weighted by Gasteiger charge is 2.18. The van der Waals surface area contributed by atoms with Crippen molar-refractivity contribution in [2.45, 2.75) is 19.7 Å². The van der Waals surface area contributed by atoms with Gasteiger partial charge in [0.1, 0.15) is 6.61 Å². The second-order valence-electron chi connectivity index (χ2n) is 7.72. The monoisotopic (exact) mass is 457 g/mol. The fourth-order valence-corrected chi connectivity index (χ4v) is 3.52. The van der Waals surface area contributed by atoms with E-state index < -0.39 is 0 Å². The molecule has 0 saturated carbocycles. The van der Waals surface area contributed by atoms with Gasteiger partial charge in [0.15, 0.2) is 11.5 Å². The molecular formula is C27H27N3O4. The molecule has 1 aromatic heterocycles. The summed E-state index contributed by atoms with van der Waals surface area (Å²) in [7, 11) is 3.08. The Bertz CT molecular complexity index is 1180. The second-order valence-corrected chi connectivity index (χ2v) is 7.72. The van der Waals surface area contributed by atoms with Gasteiger partial charge in [-0.15, -0.1) is 0 Å². The van der Waals surface area contributed by atoms with Gasteiger partial charge in [-0.3, -0.25) is 4.79 Å². The minimum Gasteiger partial charge on any atom is -0.493 e. The maximum absolute atomic E-state index is 12.9. The number of nitrogens with one attached hydrogen (secondary N) is 1. The highest BCUT2D eigenvalue weighted by molar-refractivity contribution is 5.95. The van der Waals surface area contributed by atoms with Crippen LogP contribution in [0.1, 0.15) is 27.0 Å². The topological polar surface area (TPSA) is 74.6 Å². The Balaban J connectivity index is 1.41. The third-order valence-corrected chi connectivity index (χ3v) is 5.35. The molecule has 0 fully saturated rings. The lowest BCUT2D eigenvalue weighted by atomic mass is 10.1. The number of methoxy groups -OCH3 is 2. The fraction of sp³-hybridized carbons (Fsp3) is 0.185. The van der Waals surface area contributed by atoms with Crippen molar-refractivity contribution in [3.63, 3.8) is 0 Å². The lowest BCUT2D eigenvalue weighted by Gasteiger charge is -2.16. The summed E-state index contributed by atoms with van der Waals surface area (Å²) in [6.07, 6.45) is 5.47. The van der Waals surface area contributed by atoms with Crippen LogP contribution in [0.5, 0.6) is 17.2 Å². The van der Waals surface area contributed by atoms with E-state index in [1.807, 2.05) is 65.4 Å². The van der Waals surface area contributed by atoms with Gasteiger partial charge in [-0.05, 0) is 28.8 Å². The van der Waals surface area contributed by atoms with Crippen molar-refractivity contribution in [1.82, 2.24) is 14.9 Å². The van der Waals surface area contributed by atoms with E-state index in [0.29, 0.717) is 36.0 Å². The molecule has 0 saturated heterocycles. The summed E-state index contributed by atoms with van der Waals surface area (Å²) in [5.74, 6) is 1.10. The van der Waals surface area contributed by atoms with Gasteiger partial charge < -0.3 is 24.1 Å². The number of aromatic nitrogens is 2. The molecular weight excluding hydrogens is 430 g/mol. The smallest absolute Gasteiger partial charge is 0.251 e. The van der Waals surface area contributed by atoms with Gasteiger partial charge in [0.25, 0.3) is 5.91 Å². The zero-order valence-corrected chi connectivity index (χ0v) is 19.2. The third kappa shape index (κ3) is 5.75. The van der Waals surface area contributed by atoms with Crippen LogP contribution in [0.3, 0.4) is 0 Å². The van der Waals surface area contributed by atoms with Crippen LogP contribution in [-0.4, -0.2) is 29.7 Å².